The molecule has 27 heteroatoms. The number of hydrogen-bond acceptors (Lipinski definition) is 25. The molecule has 0 bridgehead atoms. The Kier molecular flexibility index (Phi) is 17.5. The molecule has 61 heavy (non-hydrogen) atoms. The fourth-order valence-corrected chi connectivity index (χ4v) is 7.58. The minimum absolute atomic E-state index is 0.676. The number of ether oxygens (including phenoxy) is 9. The minimum atomic E-state index is -2.05. The van der Waals surface area contributed by atoms with Crippen LogP contribution in [-0.4, -0.2) is 263 Å². The number of amides is 2. The summed E-state index contributed by atoms with van der Waals surface area (Å²) in [5, 5.41) is 152. The van der Waals surface area contributed by atoms with Crippen LogP contribution in [0.3, 0.4) is 0 Å². The standard InChI is InChI=1S/C34H58N2O25/c1-8-17(41)22(46)25(49)32(55-8)54-7-14-29(20(44)15(30(52)56-14)35-9(2)39)60-31-16(36-10(3)40)21(45)28(12(5-38)58-31)61-34-27(51)24(48)19(43)13(59-34)6-53-33-26(50)23(47)18(42)11(4-37)57-33/h8,11-34,37-38,41-52H,4-7H2,1-3H3,(H,35,39)(H,36,40)/t8-,11+,12+,13+,14+,15+,16+,17+,18+,19+,20+,21+,22+,23-,24-,25-,26-,27-,28+,29+,30-,31-,32+,33+,34-/m0/s1. The van der Waals surface area contributed by atoms with E-state index in [0.717, 1.165) is 13.8 Å². The van der Waals surface area contributed by atoms with E-state index < -0.39 is 192 Å². The van der Waals surface area contributed by atoms with Crippen molar-refractivity contribution in [3.63, 3.8) is 0 Å². The van der Waals surface area contributed by atoms with Gasteiger partial charge in [-0.3, -0.25) is 9.59 Å². The summed E-state index contributed by atoms with van der Waals surface area (Å²) in [6.45, 7) is 0.353. The van der Waals surface area contributed by atoms with E-state index in [1.165, 1.54) is 6.92 Å². The molecule has 5 aliphatic rings. The zero-order valence-electron chi connectivity index (χ0n) is 33.0. The second kappa shape index (κ2) is 21.3. The Morgan fingerprint density at radius 3 is 1.46 bits per heavy atom. The molecule has 0 aromatic carbocycles. The molecule has 0 saturated carbocycles. The summed E-state index contributed by atoms with van der Waals surface area (Å²) in [6, 6.07) is -3.23. The van der Waals surface area contributed by atoms with Crippen molar-refractivity contribution >= 4 is 11.8 Å². The van der Waals surface area contributed by atoms with E-state index in [-0.39, 0.29) is 0 Å². The van der Waals surface area contributed by atoms with Crippen LogP contribution in [0.25, 0.3) is 0 Å². The lowest BCUT2D eigenvalue weighted by atomic mass is 9.94. The van der Waals surface area contributed by atoms with Gasteiger partial charge in [0.15, 0.2) is 31.5 Å². The number of hydrogen-bond donors (Lipinski definition) is 16. The normalized spacial score (nSPS) is 49.6. The second-order valence-corrected chi connectivity index (χ2v) is 15.5. The van der Waals surface area contributed by atoms with Crippen LogP contribution in [-0.2, 0) is 52.2 Å². The monoisotopic (exact) mass is 894 g/mol. The SMILES string of the molecule is CC(=O)N[C@@H]1[C@@H](O)[C@H](O[C@@H]2O[C@H](CO)[C@@H](O[C@@H]3O[C@H](CO[C@@H]4O[C@H](CO)[C@@H](O)[C@H](O)[C@@H]4O)[C@@H](O)[C@H](O)[C@@H]3O)[C@H](O)[C@H]2NC(C)=O)[C@@H](CO[C@@H]2O[C@@H](C)[C@@H](O)[C@@H](O)[C@@H]2O)O[C@@H]1O. The van der Waals surface area contributed by atoms with Crippen LogP contribution < -0.4 is 10.6 Å². The van der Waals surface area contributed by atoms with Gasteiger partial charge >= 0.3 is 0 Å². The number of aliphatic hydroxyl groups excluding tert-OH is 14. The number of nitrogens with one attached hydrogen (secondary N) is 2. The minimum Gasteiger partial charge on any atom is -0.394 e. The van der Waals surface area contributed by atoms with Crippen molar-refractivity contribution in [2.75, 3.05) is 26.4 Å². The Balaban J connectivity index is 1.33. The maximum atomic E-state index is 12.5. The first-order valence-corrected chi connectivity index (χ1v) is 19.4. The van der Waals surface area contributed by atoms with E-state index >= 15 is 0 Å². The van der Waals surface area contributed by atoms with Crippen LogP contribution >= 0.6 is 0 Å². The van der Waals surface area contributed by atoms with E-state index in [1.807, 2.05) is 0 Å². The Bertz CT molecular complexity index is 1420. The molecule has 2 amide bonds. The third-order valence-corrected chi connectivity index (χ3v) is 11.0. The second-order valence-electron chi connectivity index (χ2n) is 15.5. The molecular weight excluding hydrogens is 836 g/mol. The molecule has 25 atom stereocenters. The van der Waals surface area contributed by atoms with Gasteiger partial charge in [0.1, 0.15) is 116 Å². The quantitative estimate of drug-likeness (QED) is 0.0770. The first-order chi connectivity index (χ1) is 28.7. The Labute approximate surface area is 346 Å². The predicted molar refractivity (Wildman–Crippen MR) is 188 cm³/mol. The van der Waals surface area contributed by atoms with Gasteiger partial charge in [-0.2, -0.15) is 0 Å². The summed E-state index contributed by atoms with van der Waals surface area (Å²) < 4.78 is 50.8. The molecule has 0 aliphatic carbocycles. The molecule has 27 nitrogen and oxygen atoms in total. The lowest BCUT2D eigenvalue weighted by Gasteiger charge is -2.49. The summed E-state index contributed by atoms with van der Waals surface area (Å²) in [4.78, 5) is 24.5. The largest absolute Gasteiger partial charge is 0.394 e. The molecule has 354 valence electrons. The van der Waals surface area contributed by atoms with E-state index in [4.69, 9.17) is 42.6 Å². The summed E-state index contributed by atoms with van der Waals surface area (Å²) in [7, 11) is 0. The molecule has 5 rings (SSSR count). The molecule has 5 saturated heterocycles. The first kappa shape index (κ1) is 50.0. The van der Waals surface area contributed by atoms with Crippen LogP contribution in [0, 0.1) is 0 Å². The zero-order valence-corrected chi connectivity index (χ0v) is 33.0. The molecule has 16 N–H and O–H groups in total. The highest BCUT2D eigenvalue weighted by Crippen LogP contribution is 2.34. The topological polar surface area (TPSA) is 424 Å². The Morgan fingerprint density at radius 2 is 0.885 bits per heavy atom. The van der Waals surface area contributed by atoms with Crippen molar-refractivity contribution in [1.29, 1.82) is 0 Å². The molecule has 5 fully saturated rings. The van der Waals surface area contributed by atoms with Crippen LogP contribution in [0.1, 0.15) is 20.8 Å². The fourth-order valence-electron chi connectivity index (χ4n) is 7.58. The van der Waals surface area contributed by atoms with E-state index in [1.54, 1.807) is 0 Å². The Hall–Kier alpha value is -1.98. The van der Waals surface area contributed by atoms with Gasteiger partial charge in [-0.15, -0.1) is 0 Å². The molecule has 0 aromatic heterocycles. The summed E-state index contributed by atoms with van der Waals surface area (Å²) in [6.07, 6.45) is -39.7. The molecular formula is C34H58N2O25. The molecule has 0 aromatic rings. The summed E-state index contributed by atoms with van der Waals surface area (Å²) >= 11 is 0. The van der Waals surface area contributed by atoms with Gasteiger partial charge in [-0.05, 0) is 6.92 Å². The zero-order chi connectivity index (χ0) is 45.2. The predicted octanol–water partition coefficient (Wildman–Crippen LogP) is -10.6. The van der Waals surface area contributed by atoms with Crippen molar-refractivity contribution in [3.05, 3.63) is 0 Å². The molecule has 5 aliphatic heterocycles. The van der Waals surface area contributed by atoms with Crippen LogP contribution in [0.2, 0.25) is 0 Å². The lowest BCUT2D eigenvalue weighted by Crippen LogP contribution is -2.70. The van der Waals surface area contributed by atoms with E-state index in [9.17, 15) is 81.1 Å². The number of aliphatic hydroxyl groups is 14. The molecule has 0 unspecified atom stereocenters. The van der Waals surface area contributed by atoms with Gasteiger partial charge in [0.05, 0.1) is 32.5 Å². The maximum Gasteiger partial charge on any atom is 0.217 e. The van der Waals surface area contributed by atoms with Gasteiger partial charge < -0.3 is 125 Å². The highest BCUT2D eigenvalue weighted by Gasteiger charge is 2.55. The third-order valence-electron chi connectivity index (χ3n) is 11.0. The van der Waals surface area contributed by atoms with Gasteiger partial charge in [0, 0.05) is 13.8 Å². The Morgan fingerprint density at radius 1 is 0.459 bits per heavy atom. The summed E-state index contributed by atoms with van der Waals surface area (Å²) in [5.74, 6) is -1.50. The fraction of sp³-hybridized carbons (Fsp3) is 0.941. The molecule has 0 radical (unpaired) electrons. The highest BCUT2D eigenvalue weighted by molar-refractivity contribution is 5.73. The van der Waals surface area contributed by atoms with Gasteiger partial charge in [-0.1, -0.05) is 0 Å². The van der Waals surface area contributed by atoms with Crippen molar-refractivity contribution < 1.29 is 124 Å². The van der Waals surface area contributed by atoms with Crippen molar-refractivity contribution in [2.24, 2.45) is 0 Å². The molecule has 5 heterocycles. The number of carbonyl (C=O) groups is 2. The van der Waals surface area contributed by atoms with E-state index in [2.05, 4.69) is 10.6 Å². The smallest absolute Gasteiger partial charge is 0.217 e. The van der Waals surface area contributed by atoms with E-state index in [0.29, 0.717) is 0 Å². The number of rotatable bonds is 14. The van der Waals surface area contributed by atoms with Gasteiger partial charge in [-0.25, -0.2) is 0 Å². The average molecular weight is 895 g/mol. The van der Waals surface area contributed by atoms with Gasteiger partial charge in [0.25, 0.3) is 0 Å². The highest BCUT2D eigenvalue weighted by atomic mass is 16.8. The first-order valence-electron chi connectivity index (χ1n) is 19.4. The van der Waals surface area contributed by atoms with Crippen molar-refractivity contribution in [3.8, 4) is 0 Å². The van der Waals surface area contributed by atoms with Gasteiger partial charge in [0.2, 0.25) is 11.8 Å². The van der Waals surface area contributed by atoms with Crippen molar-refractivity contribution in [2.45, 2.75) is 174 Å². The number of carbonyl (C=O) groups excluding carboxylic acids is 2. The maximum absolute atomic E-state index is 12.5. The lowest BCUT2D eigenvalue weighted by molar-refractivity contribution is -0.367. The van der Waals surface area contributed by atoms with Crippen molar-refractivity contribution in [1.82, 2.24) is 10.6 Å². The summed E-state index contributed by atoms with van der Waals surface area (Å²) in [5.41, 5.74) is 0. The average Bonchev–Trinajstić information content (AvgIpc) is 3.21. The van der Waals surface area contributed by atoms with Crippen LogP contribution in [0.4, 0.5) is 0 Å². The molecule has 0 spiro atoms. The third kappa shape index (κ3) is 11.1. The van der Waals surface area contributed by atoms with Crippen LogP contribution in [0.5, 0.6) is 0 Å². The van der Waals surface area contributed by atoms with Crippen LogP contribution in [0.15, 0.2) is 0 Å².